The SMILES string of the molecule is CN1N[NH+](C)c2cccc3cccc1c23. The number of hydrogen-bond donors (Lipinski definition) is 2. The molecule has 3 rings (SSSR count). The largest absolute Gasteiger partial charge is 0.267 e. The Hall–Kier alpha value is -1.58. The van der Waals surface area contributed by atoms with Crippen molar-refractivity contribution in [2.45, 2.75) is 0 Å². The second kappa shape index (κ2) is 2.95. The van der Waals surface area contributed by atoms with E-state index >= 15 is 0 Å². The minimum atomic E-state index is 1.21. The van der Waals surface area contributed by atoms with Gasteiger partial charge in [0.15, 0.2) is 5.69 Å². The van der Waals surface area contributed by atoms with E-state index in [1.807, 2.05) is 7.05 Å². The van der Waals surface area contributed by atoms with Crippen LogP contribution in [0.15, 0.2) is 36.4 Å². The van der Waals surface area contributed by atoms with E-state index in [9.17, 15) is 0 Å². The maximum atomic E-state index is 3.35. The van der Waals surface area contributed by atoms with Crippen molar-refractivity contribution < 1.29 is 5.01 Å². The zero-order valence-electron chi connectivity index (χ0n) is 8.91. The van der Waals surface area contributed by atoms with Crippen LogP contribution in [0, 0.1) is 0 Å². The van der Waals surface area contributed by atoms with Crippen molar-refractivity contribution in [1.29, 1.82) is 0 Å². The highest BCUT2D eigenvalue weighted by Gasteiger charge is 2.22. The molecule has 0 saturated carbocycles. The minimum Gasteiger partial charge on any atom is -0.267 e. The zero-order chi connectivity index (χ0) is 10.4. The van der Waals surface area contributed by atoms with Gasteiger partial charge in [-0.3, -0.25) is 5.01 Å². The van der Waals surface area contributed by atoms with Crippen molar-refractivity contribution in [2.75, 3.05) is 19.1 Å². The van der Waals surface area contributed by atoms with Crippen LogP contribution in [-0.4, -0.2) is 14.1 Å². The van der Waals surface area contributed by atoms with E-state index in [2.05, 4.69) is 54.0 Å². The van der Waals surface area contributed by atoms with E-state index in [-0.39, 0.29) is 0 Å². The molecule has 0 bridgehead atoms. The van der Waals surface area contributed by atoms with Gasteiger partial charge in [-0.2, -0.15) is 0 Å². The van der Waals surface area contributed by atoms with Gasteiger partial charge < -0.3 is 0 Å². The Balaban J connectivity index is 2.45. The lowest BCUT2D eigenvalue weighted by atomic mass is 10.1. The molecular formula is C12H14N3+. The monoisotopic (exact) mass is 200 g/mol. The molecule has 2 N–H and O–H groups in total. The Morgan fingerprint density at radius 1 is 1.13 bits per heavy atom. The van der Waals surface area contributed by atoms with Crippen molar-refractivity contribution in [3.05, 3.63) is 36.4 Å². The quantitative estimate of drug-likeness (QED) is 0.657. The van der Waals surface area contributed by atoms with Crippen LogP contribution in [-0.2, 0) is 0 Å². The van der Waals surface area contributed by atoms with Crippen LogP contribution in [0.5, 0.6) is 0 Å². The molecule has 0 aromatic heterocycles. The van der Waals surface area contributed by atoms with Gasteiger partial charge in [0.25, 0.3) is 0 Å². The molecule has 0 saturated heterocycles. The van der Waals surface area contributed by atoms with Crippen LogP contribution < -0.4 is 15.6 Å². The summed E-state index contributed by atoms with van der Waals surface area (Å²) < 4.78 is 0. The van der Waals surface area contributed by atoms with Gasteiger partial charge in [0.05, 0.1) is 18.1 Å². The van der Waals surface area contributed by atoms with Gasteiger partial charge in [-0.05, 0) is 11.5 Å². The second-order valence-corrected chi connectivity index (χ2v) is 3.98. The number of hydrazine groups is 1. The lowest BCUT2D eigenvalue weighted by molar-refractivity contribution is -0.861. The van der Waals surface area contributed by atoms with Crippen molar-refractivity contribution >= 4 is 22.1 Å². The van der Waals surface area contributed by atoms with Crippen molar-refractivity contribution in [2.24, 2.45) is 0 Å². The first-order chi connectivity index (χ1) is 7.27. The molecule has 1 aliphatic rings. The van der Waals surface area contributed by atoms with E-state index in [0.717, 1.165) is 0 Å². The molecule has 0 radical (unpaired) electrons. The molecule has 2 aromatic rings. The number of nitrogens with one attached hydrogen (secondary N) is 2. The van der Waals surface area contributed by atoms with E-state index in [1.165, 1.54) is 27.2 Å². The molecule has 0 aliphatic carbocycles. The van der Waals surface area contributed by atoms with Crippen LogP contribution in [0.1, 0.15) is 0 Å². The summed E-state index contributed by atoms with van der Waals surface area (Å²) in [6.45, 7) is 0. The number of benzene rings is 2. The lowest BCUT2D eigenvalue weighted by Crippen LogP contribution is -3.13. The fourth-order valence-corrected chi connectivity index (χ4v) is 2.29. The number of quaternary nitrogens is 1. The average Bonchev–Trinajstić information content (AvgIpc) is 2.25. The van der Waals surface area contributed by atoms with Crippen molar-refractivity contribution in [1.82, 2.24) is 5.53 Å². The van der Waals surface area contributed by atoms with Gasteiger partial charge in [-0.25, -0.2) is 5.01 Å². The summed E-state index contributed by atoms with van der Waals surface area (Å²) >= 11 is 0. The highest BCUT2D eigenvalue weighted by molar-refractivity contribution is 6.01. The lowest BCUT2D eigenvalue weighted by Gasteiger charge is -2.30. The molecule has 1 heterocycles. The fraction of sp³-hybridized carbons (Fsp3) is 0.167. The van der Waals surface area contributed by atoms with E-state index in [4.69, 9.17) is 0 Å². The van der Waals surface area contributed by atoms with Gasteiger partial charge >= 0.3 is 0 Å². The molecule has 0 spiro atoms. The van der Waals surface area contributed by atoms with Crippen LogP contribution in [0.2, 0.25) is 0 Å². The first kappa shape index (κ1) is 8.71. The molecule has 3 heteroatoms. The van der Waals surface area contributed by atoms with Gasteiger partial charge in [-0.1, -0.05) is 29.8 Å². The Bertz CT molecular complexity index is 479. The van der Waals surface area contributed by atoms with Crippen molar-refractivity contribution in [3.63, 3.8) is 0 Å². The predicted molar refractivity (Wildman–Crippen MR) is 62.0 cm³/mol. The molecular weight excluding hydrogens is 186 g/mol. The van der Waals surface area contributed by atoms with Crippen LogP contribution in [0.3, 0.4) is 0 Å². The van der Waals surface area contributed by atoms with Gasteiger partial charge in [0.2, 0.25) is 0 Å². The third-order valence-corrected chi connectivity index (χ3v) is 2.98. The Morgan fingerprint density at radius 3 is 2.67 bits per heavy atom. The average molecular weight is 200 g/mol. The van der Waals surface area contributed by atoms with Crippen LogP contribution >= 0.6 is 0 Å². The maximum Gasteiger partial charge on any atom is 0.161 e. The van der Waals surface area contributed by atoms with E-state index in [1.54, 1.807) is 0 Å². The fourth-order valence-electron chi connectivity index (χ4n) is 2.29. The summed E-state index contributed by atoms with van der Waals surface area (Å²) in [5, 5.41) is 5.93. The van der Waals surface area contributed by atoms with Crippen LogP contribution in [0.4, 0.5) is 11.4 Å². The smallest absolute Gasteiger partial charge is 0.161 e. The predicted octanol–water partition coefficient (Wildman–Crippen LogP) is 0.855. The first-order valence-electron chi connectivity index (χ1n) is 5.13. The molecule has 2 aromatic carbocycles. The third kappa shape index (κ3) is 1.14. The summed E-state index contributed by atoms with van der Waals surface area (Å²) in [4.78, 5) is 0. The summed E-state index contributed by atoms with van der Waals surface area (Å²) in [7, 11) is 4.16. The molecule has 1 atom stereocenters. The molecule has 15 heavy (non-hydrogen) atoms. The summed E-state index contributed by atoms with van der Waals surface area (Å²) in [6.07, 6.45) is 0. The summed E-state index contributed by atoms with van der Waals surface area (Å²) in [5.74, 6) is 0. The van der Waals surface area contributed by atoms with Gasteiger partial charge in [0.1, 0.15) is 0 Å². The maximum absolute atomic E-state index is 3.35. The number of hydrogen-bond acceptors (Lipinski definition) is 2. The third-order valence-electron chi connectivity index (χ3n) is 2.98. The van der Waals surface area contributed by atoms with Crippen LogP contribution in [0.25, 0.3) is 10.8 Å². The molecule has 0 fully saturated rings. The van der Waals surface area contributed by atoms with E-state index in [0.29, 0.717) is 0 Å². The number of anilines is 1. The summed E-state index contributed by atoms with van der Waals surface area (Å²) in [6, 6.07) is 12.8. The zero-order valence-corrected chi connectivity index (χ0v) is 8.91. The van der Waals surface area contributed by atoms with Gasteiger partial charge in [-0.15, -0.1) is 0 Å². The topological polar surface area (TPSA) is 19.7 Å². The molecule has 76 valence electrons. The standard InChI is InChI=1S/C12H13N3/c1-14-10-7-3-5-9-6-4-8-11(12(9)10)15(2)13-14/h3-8,13H,1-2H3/p+1. The Labute approximate surface area is 88.8 Å². The molecule has 0 amide bonds. The first-order valence-corrected chi connectivity index (χ1v) is 5.13. The second-order valence-electron chi connectivity index (χ2n) is 3.98. The highest BCUT2D eigenvalue weighted by atomic mass is 15.7. The Kier molecular flexibility index (Phi) is 1.71. The van der Waals surface area contributed by atoms with E-state index < -0.39 is 0 Å². The van der Waals surface area contributed by atoms with Crippen molar-refractivity contribution in [3.8, 4) is 0 Å². The molecule has 1 unspecified atom stereocenters. The minimum absolute atomic E-state index is 1.21. The number of rotatable bonds is 0. The normalized spacial score (nSPS) is 19.6. The van der Waals surface area contributed by atoms with Gasteiger partial charge in [0, 0.05) is 13.1 Å². The summed E-state index contributed by atoms with van der Waals surface area (Å²) in [5.41, 5.74) is 5.90. The Morgan fingerprint density at radius 2 is 1.87 bits per heavy atom. The highest BCUT2D eigenvalue weighted by Crippen LogP contribution is 2.31. The molecule has 3 nitrogen and oxygen atoms in total. The number of nitrogens with zero attached hydrogens (tertiary/aromatic N) is 1. The molecule has 1 aliphatic heterocycles.